The number of aromatic nitrogens is 3. The molecular formula is C22H25N5O3S. The van der Waals surface area contributed by atoms with Crippen LogP contribution < -0.4 is 19.5 Å². The Morgan fingerprint density at radius 2 is 1.94 bits per heavy atom. The van der Waals surface area contributed by atoms with Crippen molar-refractivity contribution in [3.8, 4) is 11.5 Å². The van der Waals surface area contributed by atoms with Gasteiger partial charge in [-0.1, -0.05) is 11.2 Å². The molecule has 0 atom stereocenters. The van der Waals surface area contributed by atoms with Gasteiger partial charge >= 0.3 is 0 Å². The molecule has 0 aliphatic rings. The molecule has 4 aromatic rings. The second-order valence-electron chi connectivity index (χ2n) is 7.14. The fourth-order valence-electron chi connectivity index (χ4n) is 3.35. The molecule has 0 spiro atoms. The van der Waals surface area contributed by atoms with Crippen LogP contribution in [0.2, 0.25) is 0 Å². The third-order valence-corrected chi connectivity index (χ3v) is 5.64. The van der Waals surface area contributed by atoms with Gasteiger partial charge in [0.25, 0.3) is 0 Å². The van der Waals surface area contributed by atoms with E-state index in [4.69, 9.17) is 14.0 Å². The van der Waals surface area contributed by atoms with Gasteiger partial charge in [-0.2, -0.15) is 5.10 Å². The first-order chi connectivity index (χ1) is 15.1. The summed E-state index contributed by atoms with van der Waals surface area (Å²) < 4.78 is 21.9. The number of rotatable bonds is 9. The molecule has 2 aromatic heterocycles. The van der Waals surface area contributed by atoms with Gasteiger partial charge in [0.2, 0.25) is 0 Å². The van der Waals surface area contributed by atoms with Crippen molar-refractivity contribution in [2.75, 3.05) is 26.0 Å². The summed E-state index contributed by atoms with van der Waals surface area (Å²) in [6.07, 6.45) is 3.88. The quantitative estimate of drug-likeness (QED) is 0.375. The van der Waals surface area contributed by atoms with Gasteiger partial charge in [0.05, 0.1) is 31.9 Å². The lowest BCUT2D eigenvalue weighted by Crippen LogP contribution is -2.04. The van der Waals surface area contributed by atoms with Gasteiger partial charge in [0.15, 0.2) is 11.4 Å². The van der Waals surface area contributed by atoms with Gasteiger partial charge in [-0.15, -0.1) is 0 Å². The third-order valence-electron chi connectivity index (χ3n) is 4.81. The first kappa shape index (κ1) is 21.1. The first-order valence-corrected chi connectivity index (χ1v) is 10.6. The molecule has 9 heteroatoms. The predicted octanol–water partition coefficient (Wildman–Crippen LogP) is 4.24. The average molecular weight is 440 g/mol. The lowest BCUT2D eigenvalue weighted by Gasteiger charge is -2.10. The average Bonchev–Trinajstić information content (AvgIpc) is 3.39. The van der Waals surface area contributed by atoms with Gasteiger partial charge in [-0.25, -0.2) is 0 Å². The number of ether oxygens (including phenoxy) is 2. The second kappa shape index (κ2) is 9.32. The summed E-state index contributed by atoms with van der Waals surface area (Å²) in [6.45, 7) is 3.43. The van der Waals surface area contributed by atoms with Crippen molar-refractivity contribution in [1.82, 2.24) is 20.3 Å². The van der Waals surface area contributed by atoms with Crippen LogP contribution in [0.5, 0.6) is 11.5 Å². The lowest BCUT2D eigenvalue weighted by atomic mass is 10.1. The normalized spacial score (nSPS) is 11.1. The summed E-state index contributed by atoms with van der Waals surface area (Å²) in [6, 6.07) is 9.97. The molecule has 0 aliphatic heterocycles. The molecule has 2 aromatic carbocycles. The van der Waals surface area contributed by atoms with Crippen molar-refractivity contribution < 1.29 is 14.0 Å². The van der Waals surface area contributed by atoms with Gasteiger partial charge in [0, 0.05) is 18.3 Å². The van der Waals surface area contributed by atoms with E-state index in [-0.39, 0.29) is 0 Å². The fraction of sp³-hybridized carbons (Fsp3) is 0.273. The number of nitrogens with zero attached hydrogens (tertiary/aromatic N) is 3. The summed E-state index contributed by atoms with van der Waals surface area (Å²) in [7, 11) is 5.22. The summed E-state index contributed by atoms with van der Waals surface area (Å²) in [5, 5.41) is 12.6. The topological polar surface area (TPSA) is 86.4 Å². The Labute approximate surface area is 185 Å². The molecule has 0 bridgehead atoms. The van der Waals surface area contributed by atoms with Crippen LogP contribution in [-0.4, -0.2) is 36.2 Å². The maximum absolute atomic E-state index is 5.65. The Bertz CT molecular complexity index is 1190. The molecular weight excluding hydrogens is 414 g/mol. The number of anilines is 1. The van der Waals surface area contributed by atoms with Crippen molar-refractivity contribution >= 4 is 28.7 Å². The zero-order chi connectivity index (χ0) is 21.8. The number of hydrogen-bond acceptors (Lipinski definition) is 8. The largest absolute Gasteiger partial charge is 0.496 e. The SMILES string of the molecule is CNCc1cnn(Cc2cc(OC)c3c(NSc4cc(C)ccc4OC)noc3c2)c1. The number of hydrogen-bond donors (Lipinski definition) is 2. The van der Waals surface area contributed by atoms with E-state index in [1.54, 1.807) is 14.2 Å². The lowest BCUT2D eigenvalue weighted by molar-refractivity contribution is 0.404. The highest BCUT2D eigenvalue weighted by Crippen LogP contribution is 2.37. The maximum atomic E-state index is 5.65. The Balaban J connectivity index is 1.58. The van der Waals surface area contributed by atoms with Crippen LogP contribution in [0.25, 0.3) is 11.0 Å². The predicted molar refractivity (Wildman–Crippen MR) is 122 cm³/mol. The summed E-state index contributed by atoms with van der Waals surface area (Å²) in [5.74, 6) is 2.08. The zero-order valence-electron chi connectivity index (χ0n) is 17.9. The van der Waals surface area contributed by atoms with Gasteiger partial charge in [0.1, 0.15) is 16.9 Å². The number of methoxy groups -OCH3 is 2. The molecule has 2 heterocycles. The van der Waals surface area contributed by atoms with Gasteiger partial charge in [-0.05, 0) is 61.3 Å². The van der Waals surface area contributed by atoms with Crippen molar-refractivity contribution in [2.45, 2.75) is 24.9 Å². The molecule has 31 heavy (non-hydrogen) atoms. The van der Waals surface area contributed by atoms with E-state index in [1.165, 1.54) is 11.9 Å². The van der Waals surface area contributed by atoms with Crippen molar-refractivity contribution in [3.63, 3.8) is 0 Å². The molecule has 2 N–H and O–H groups in total. The number of fused-ring (bicyclic) bond motifs is 1. The maximum Gasteiger partial charge on any atom is 0.191 e. The number of benzene rings is 2. The Morgan fingerprint density at radius 1 is 1.10 bits per heavy atom. The molecule has 8 nitrogen and oxygen atoms in total. The Kier molecular flexibility index (Phi) is 6.34. The van der Waals surface area contributed by atoms with Crippen LogP contribution in [0.4, 0.5) is 5.82 Å². The fourth-order valence-corrected chi connectivity index (χ4v) is 4.20. The Hall–Kier alpha value is -3.17. The van der Waals surface area contributed by atoms with E-state index >= 15 is 0 Å². The van der Waals surface area contributed by atoms with Gasteiger partial charge in [-0.3, -0.25) is 4.68 Å². The summed E-state index contributed by atoms with van der Waals surface area (Å²) in [4.78, 5) is 0.963. The third kappa shape index (κ3) is 4.62. The van der Waals surface area contributed by atoms with Gasteiger partial charge < -0.3 is 24.0 Å². The van der Waals surface area contributed by atoms with Crippen LogP contribution >= 0.6 is 11.9 Å². The Morgan fingerprint density at radius 3 is 2.71 bits per heavy atom. The molecule has 4 rings (SSSR count). The van der Waals surface area contributed by atoms with E-state index in [2.05, 4.69) is 26.4 Å². The second-order valence-corrected chi connectivity index (χ2v) is 7.99. The molecule has 162 valence electrons. The minimum Gasteiger partial charge on any atom is -0.496 e. The van der Waals surface area contributed by atoms with E-state index < -0.39 is 0 Å². The molecule has 0 saturated carbocycles. The van der Waals surface area contributed by atoms with E-state index in [0.29, 0.717) is 23.7 Å². The minimum atomic E-state index is 0.599. The van der Waals surface area contributed by atoms with Crippen molar-refractivity contribution in [1.29, 1.82) is 0 Å². The highest BCUT2D eigenvalue weighted by atomic mass is 32.2. The van der Waals surface area contributed by atoms with E-state index in [1.807, 2.05) is 55.3 Å². The summed E-state index contributed by atoms with van der Waals surface area (Å²) >= 11 is 1.42. The minimum absolute atomic E-state index is 0.599. The van der Waals surface area contributed by atoms with Crippen LogP contribution in [-0.2, 0) is 13.1 Å². The highest BCUT2D eigenvalue weighted by molar-refractivity contribution is 8.00. The van der Waals surface area contributed by atoms with Crippen LogP contribution in [0.3, 0.4) is 0 Å². The number of nitrogens with one attached hydrogen (secondary N) is 2. The molecule has 0 unspecified atom stereocenters. The highest BCUT2D eigenvalue weighted by Gasteiger charge is 2.17. The molecule has 0 saturated heterocycles. The molecule has 0 fully saturated rings. The molecule has 0 aliphatic carbocycles. The summed E-state index contributed by atoms with van der Waals surface area (Å²) in [5.41, 5.74) is 3.94. The molecule has 0 radical (unpaired) electrons. The van der Waals surface area contributed by atoms with Crippen LogP contribution in [0.1, 0.15) is 16.7 Å². The smallest absolute Gasteiger partial charge is 0.191 e. The van der Waals surface area contributed by atoms with Crippen LogP contribution in [0.15, 0.2) is 52.1 Å². The first-order valence-electron chi connectivity index (χ1n) is 9.81. The van der Waals surface area contributed by atoms with Crippen molar-refractivity contribution in [3.05, 3.63) is 59.4 Å². The van der Waals surface area contributed by atoms with E-state index in [0.717, 1.165) is 39.3 Å². The molecule has 0 amide bonds. The zero-order valence-corrected chi connectivity index (χ0v) is 18.7. The van der Waals surface area contributed by atoms with Crippen LogP contribution in [0, 0.1) is 6.92 Å². The standard InChI is InChI=1S/C22H25N5O3S/c1-14-5-6-17(28-3)20(7-14)31-26-22-21-18(29-4)8-15(9-19(21)30-25-22)12-27-13-16(10-23-2)11-24-27/h5-9,11,13,23H,10,12H2,1-4H3,(H,25,26). The van der Waals surface area contributed by atoms with E-state index in [9.17, 15) is 0 Å². The monoisotopic (exact) mass is 439 g/mol. The van der Waals surface area contributed by atoms with Crippen molar-refractivity contribution in [2.24, 2.45) is 0 Å². The number of aryl methyl sites for hydroxylation is 1.